The number of pyridine rings is 1. The fourth-order valence-corrected chi connectivity index (χ4v) is 3.16. The van der Waals surface area contributed by atoms with Crippen LogP contribution in [0.4, 0.5) is 18.0 Å². The van der Waals surface area contributed by atoms with Gasteiger partial charge in [-0.3, -0.25) is 0 Å². The van der Waals surface area contributed by atoms with E-state index in [1.807, 2.05) is 18.2 Å². The molecule has 1 fully saturated rings. The third-order valence-corrected chi connectivity index (χ3v) is 4.64. The van der Waals surface area contributed by atoms with Crippen molar-refractivity contribution in [1.82, 2.24) is 9.88 Å². The van der Waals surface area contributed by atoms with Gasteiger partial charge < -0.3 is 15.4 Å². The molecule has 0 saturated carbocycles. The second-order valence-electron chi connectivity index (χ2n) is 6.61. The van der Waals surface area contributed by atoms with Gasteiger partial charge in [-0.1, -0.05) is 12.1 Å². The zero-order valence-corrected chi connectivity index (χ0v) is 14.6. The molecule has 0 unspecified atom stereocenters. The van der Waals surface area contributed by atoms with E-state index in [0.717, 1.165) is 37.1 Å². The minimum Gasteiger partial charge on any atom is -0.439 e. The van der Waals surface area contributed by atoms with Gasteiger partial charge in [-0.15, -0.1) is 0 Å². The van der Waals surface area contributed by atoms with Gasteiger partial charge in [0.15, 0.2) is 0 Å². The highest BCUT2D eigenvalue weighted by molar-refractivity contribution is 5.72. The number of rotatable bonds is 4. The number of nitrogens with two attached hydrogens (primary N) is 1. The van der Waals surface area contributed by atoms with E-state index < -0.39 is 11.7 Å². The SMILES string of the molecule is NC(=O)N1CCC(Cc2cccc(Oc3ccc(C(F)(F)F)cn3)c2)CC1. The second-order valence-corrected chi connectivity index (χ2v) is 6.61. The first kappa shape index (κ1) is 19.0. The largest absolute Gasteiger partial charge is 0.439 e. The Morgan fingerprint density at radius 1 is 1.22 bits per heavy atom. The fraction of sp³-hybridized carbons (Fsp3) is 0.368. The van der Waals surface area contributed by atoms with E-state index in [2.05, 4.69) is 4.98 Å². The summed E-state index contributed by atoms with van der Waals surface area (Å²) >= 11 is 0. The first-order valence-electron chi connectivity index (χ1n) is 8.65. The molecular formula is C19H20F3N3O2. The van der Waals surface area contributed by atoms with Crippen LogP contribution < -0.4 is 10.5 Å². The van der Waals surface area contributed by atoms with Crippen molar-refractivity contribution in [1.29, 1.82) is 0 Å². The number of alkyl halides is 3. The van der Waals surface area contributed by atoms with Crippen LogP contribution in [0.25, 0.3) is 0 Å². The Morgan fingerprint density at radius 2 is 1.96 bits per heavy atom. The summed E-state index contributed by atoms with van der Waals surface area (Å²) in [5.41, 5.74) is 5.55. The van der Waals surface area contributed by atoms with Crippen LogP contribution in [0.15, 0.2) is 42.6 Å². The van der Waals surface area contributed by atoms with Gasteiger partial charge in [0.2, 0.25) is 5.88 Å². The molecule has 0 spiro atoms. The van der Waals surface area contributed by atoms with Gasteiger partial charge in [0.05, 0.1) is 5.56 Å². The Hall–Kier alpha value is -2.77. The number of carbonyl (C=O) groups is 1. The maximum absolute atomic E-state index is 12.6. The van der Waals surface area contributed by atoms with Gasteiger partial charge in [-0.25, -0.2) is 9.78 Å². The Kier molecular flexibility index (Phi) is 5.53. The second kappa shape index (κ2) is 7.85. The summed E-state index contributed by atoms with van der Waals surface area (Å²) in [6.45, 7) is 1.32. The third kappa shape index (κ3) is 5.12. The Labute approximate surface area is 154 Å². The minimum absolute atomic E-state index is 0.106. The number of likely N-dealkylation sites (tertiary alicyclic amines) is 1. The normalized spacial score (nSPS) is 15.6. The number of urea groups is 1. The van der Waals surface area contributed by atoms with E-state index >= 15 is 0 Å². The van der Waals surface area contributed by atoms with Crippen LogP contribution in [0.5, 0.6) is 11.6 Å². The molecule has 0 bridgehead atoms. The fourth-order valence-electron chi connectivity index (χ4n) is 3.16. The first-order chi connectivity index (χ1) is 12.8. The average molecular weight is 379 g/mol. The number of aromatic nitrogens is 1. The predicted octanol–water partition coefficient (Wildman–Crippen LogP) is 4.23. The number of carbonyl (C=O) groups excluding carboxylic acids is 1. The lowest BCUT2D eigenvalue weighted by Gasteiger charge is -2.30. The zero-order valence-electron chi connectivity index (χ0n) is 14.6. The number of primary amides is 1. The Morgan fingerprint density at radius 3 is 2.56 bits per heavy atom. The number of hydrogen-bond donors (Lipinski definition) is 1. The summed E-state index contributed by atoms with van der Waals surface area (Å²) in [5, 5.41) is 0. The molecule has 1 aliphatic heterocycles. The summed E-state index contributed by atoms with van der Waals surface area (Å²) in [6, 6.07) is 9.18. The molecular weight excluding hydrogens is 359 g/mol. The standard InChI is InChI=1S/C19H20F3N3O2/c20-19(21,22)15-4-5-17(24-12-15)27-16-3-1-2-14(11-16)10-13-6-8-25(9-7-13)18(23)26/h1-5,11-13H,6-10H2,(H2,23,26). The van der Waals surface area contributed by atoms with Crippen molar-refractivity contribution in [3.05, 3.63) is 53.7 Å². The summed E-state index contributed by atoms with van der Waals surface area (Å²) in [4.78, 5) is 16.5. The molecule has 2 amide bonds. The monoisotopic (exact) mass is 379 g/mol. The summed E-state index contributed by atoms with van der Waals surface area (Å²) in [7, 11) is 0. The molecule has 5 nitrogen and oxygen atoms in total. The maximum atomic E-state index is 12.6. The van der Waals surface area contributed by atoms with Crippen molar-refractivity contribution in [2.24, 2.45) is 11.7 Å². The van der Waals surface area contributed by atoms with Gasteiger partial charge in [-0.05, 0) is 48.9 Å². The van der Waals surface area contributed by atoms with Crippen LogP contribution in [0.1, 0.15) is 24.0 Å². The predicted molar refractivity (Wildman–Crippen MR) is 93.3 cm³/mol. The molecule has 0 aliphatic carbocycles. The van der Waals surface area contributed by atoms with E-state index in [0.29, 0.717) is 24.8 Å². The lowest BCUT2D eigenvalue weighted by Crippen LogP contribution is -2.41. The van der Waals surface area contributed by atoms with Crippen molar-refractivity contribution in [3.8, 4) is 11.6 Å². The van der Waals surface area contributed by atoms with Crippen molar-refractivity contribution >= 4 is 6.03 Å². The van der Waals surface area contributed by atoms with E-state index in [-0.39, 0.29) is 11.9 Å². The zero-order chi connectivity index (χ0) is 19.4. The number of nitrogens with zero attached hydrogens (tertiary/aromatic N) is 2. The summed E-state index contributed by atoms with van der Waals surface area (Å²) in [6.07, 6.45) is -1.06. The highest BCUT2D eigenvalue weighted by atomic mass is 19.4. The van der Waals surface area contributed by atoms with Gasteiger partial charge >= 0.3 is 12.2 Å². The molecule has 1 aliphatic rings. The van der Waals surface area contributed by atoms with E-state index in [1.54, 1.807) is 11.0 Å². The molecule has 1 aromatic heterocycles. The topological polar surface area (TPSA) is 68.5 Å². The minimum atomic E-state index is -4.42. The lowest BCUT2D eigenvalue weighted by molar-refractivity contribution is -0.137. The lowest BCUT2D eigenvalue weighted by atomic mass is 9.90. The molecule has 27 heavy (non-hydrogen) atoms. The Balaban J connectivity index is 1.60. The smallest absolute Gasteiger partial charge is 0.417 e. The molecule has 1 saturated heterocycles. The highest BCUT2D eigenvalue weighted by Gasteiger charge is 2.30. The molecule has 0 radical (unpaired) electrons. The van der Waals surface area contributed by atoms with Crippen LogP contribution in [-0.2, 0) is 12.6 Å². The number of ether oxygens (including phenoxy) is 1. The number of hydrogen-bond acceptors (Lipinski definition) is 3. The number of halogens is 3. The van der Waals surface area contributed by atoms with Crippen molar-refractivity contribution in [2.45, 2.75) is 25.4 Å². The molecule has 3 rings (SSSR count). The molecule has 8 heteroatoms. The van der Waals surface area contributed by atoms with E-state index in [4.69, 9.17) is 10.5 Å². The summed E-state index contributed by atoms with van der Waals surface area (Å²) < 4.78 is 43.3. The number of piperidine rings is 1. The average Bonchev–Trinajstić information content (AvgIpc) is 2.62. The van der Waals surface area contributed by atoms with Gasteiger partial charge in [0, 0.05) is 25.4 Å². The quantitative estimate of drug-likeness (QED) is 0.865. The first-order valence-corrected chi connectivity index (χ1v) is 8.65. The summed E-state index contributed by atoms with van der Waals surface area (Å²) in [5.74, 6) is 1.07. The number of amides is 2. The molecule has 144 valence electrons. The third-order valence-electron chi connectivity index (χ3n) is 4.64. The van der Waals surface area contributed by atoms with Crippen molar-refractivity contribution in [3.63, 3.8) is 0 Å². The van der Waals surface area contributed by atoms with Crippen molar-refractivity contribution < 1.29 is 22.7 Å². The molecule has 2 N–H and O–H groups in total. The Bertz CT molecular complexity index is 786. The van der Waals surface area contributed by atoms with Crippen LogP contribution in [0.3, 0.4) is 0 Å². The highest BCUT2D eigenvalue weighted by Crippen LogP contribution is 2.30. The van der Waals surface area contributed by atoms with Crippen LogP contribution in [0, 0.1) is 5.92 Å². The van der Waals surface area contributed by atoms with E-state index in [9.17, 15) is 18.0 Å². The molecule has 2 heterocycles. The van der Waals surface area contributed by atoms with Crippen LogP contribution in [-0.4, -0.2) is 29.0 Å². The van der Waals surface area contributed by atoms with Gasteiger partial charge in [0.1, 0.15) is 5.75 Å². The van der Waals surface area contributed by atoms with Gasteiger partial charge in [-0.2, -0.15) is 13.2 Å². The molecule has 2 aromatic rings. The number of benzene rings is 1. The van der Waals surface area contributed by atoms with Gasteiger partial charge in [0.25, 0.3) is 0 Å². The van der Waals surface area contributed by atoms with Crippen LogP contribution >= 0.6 is 0 Å². The van der Waals surface area contributed by atoms with E-state index in [1.165, 1.54) is 6.07 Å². The van der Waals surface area contributed by atoms with Crippen LogP contribution in [0.2, 0.25) is 0 Å². The molecule has 0 atom stereocenters. The maximum Gasteiger partial charge on any atom is 0.417 e. The van der Waals surface area contributed by atoms with Crippen molar-refractivity contribution in [2.75, 3.05) is 13.1 Å². The molecule has 1 aromatic carbocycles.